The van der Waals surface area contributed by atoms with Crippen molar-refractivity contribution < 1.29 is 14.3 Å². The lowest BCUT2D eigenvalue weighted by molar-refractivity contribution is -0.136. The van der Waals surface area contributed by atoms with E-state index < -0.39 is 11.8 Å². The Kier molecular flexibility index (Phi) is 5.17. The zero-order valence-corrected chi connectivity index (χ0v) is 10.8. The maximum absolute atomic E-state index is 11.7. The van der Waals surface area contributed by atoms with Gasteiger partial charge in [-0.1, -0.05) is 19.1 Å². The third kappa shape index (κ3) is 3.76. The quantitative estimate of drug-likeness (QED) is 0.797. The zero-order chi connectivity index (χ0) is 13.5. The van der Waals surface area contributed by atoms with E-state index in [-0.39, 0.29) is 6.04 Å². The van der Waals surface area contributed by atoms with Crippen LogP contribution in [0.5, 0.6) is 5.75 Å². The highest BCUT2D eigenvalue weighted by Gasteiger charge is 2.16. The minimum atomic E-state index is -0.695. The number of para-hydroxylation sites is 2. The Morgan fingerprint density at radius 2 is 1.94 bits per heavy atom. The first kappa shape index (κ1) is 14.0. The second kappa shape index (κ2) is 6.64. The molecule has 0 saturated heterocycles. The summed E-state index contributed by atoms with van der Waals surface area (Å²) >= 11 is 0. The van der Waals surface area contributed by atoms with Gasteiger partial charge in [0.05, 0.1) is 12.8 Å². The van der Waals surface area contributed by atoms with E-state index in [2.05, 4.69) is 10.6 Å². The first-order chi connectivity index (χ1) is 8.58. The molecule has 0 radical (unpaired) electrons. The molecular weight excluding hydrogens is 232 g/mol. The SMILES string of the molecule is CC[C@@H](C)NC(=O)C(=O)Nc1ccccc1OC. The Balaban J connectivity index is 2.67. The lowest BCUT2D eigenvalue weighted by atomic mass is 10.2. The molecule has 0 aliphatic heterocycles. The molecule has 2 N–H and O–H groups in total. The number of anilines is 1. The minimum absolute atomic E-state index is 0.0269. The van der Waals surface area contributed by atoms with Gasteiger partial charge in [-0.05, 0) is 25.5 Å². The van der Waals surface area contributed by atoms with Crippen LogP contribution in [0, 0.1) is 0 Å². The summed E-state index contributed by atoms with van der Waals surface area (Å²) in [5.74, 6) is -0.822. The smallest absolute Gasteiger partial charge is 0.313 e. The van der Waals surface area contributed by atoms with Crippen molar-refractivity contribution in [3.63, 3.8) is 0 Å². The van der Waals surface area contributed by atoms with Crippen LogP contribution < -0.4 is 15.4 Å². The second-order valence-corrected chi connectivity index (χ2v) is 3.94. The molecule has 0 unspecified atom stereocenters. The molecule has 5 nitrogen and oxygen atoms in total. The average molecular weight is 250 g/mol. The van der Waals surface area contributed by atoms with E-state index in [9.17, 15) is 9.59 Å². The number of carbonyl (C=O) groups is 2. The first-order valence-electron chi connectivity index (χ1n) is 5.83. The molecule has 0 aromatic heterocycles. The van der Waals surface area contributed by atoms with E-state index >= 15 is 0 Å². The largest absolute Gasteiger partial charge is 0.495 e. The predicted octanol–water partition coefficient (Wildman–Crippen LogP) is 1.55. The Bertz CT molecular complexity index is 432. The molecule has 0 aliphatic rings. The molecule has 0 heterocycles. The molecule has 0 aliphatic carbocycles. The van der Waals surface area contributed by atoms with Crippen molar-refractivity contribution in [3.8, 4) is 5.75 Å². The number of methoxy groups -OCH3 is 1. The molecule has 18 heavy (non-hydrogen) atoms. The molecule has 1 aromatic rings. The summed E-state index contributed by atoms with van der Waals surface area (Å²) in [6, 6.07) is 6.90. The third-order valence-corrected chi connectivity index (χ3v) is 2.55. The lowest BCUT2D eigenvalue weighted by Gasteiger charge is -2.12. The average Bonchev–Trinajstić information content (AvgIpc) is 2.39. The van der Waals surface area contributed by atoms with Gasteiger partial charge < -0.3 is 15.4 Å². The molecule has 2 amide bonds. The van der Waals surface area contributed by atoms with E-state index in [1.807, 2.05) is 13.8 Å². The number of ether oxygens (including phenoxy) is 1. The molecule has 1 rings (SSSR count). The number of rotatable bonds is 4. The fourth-order valence-electron chi connectivity index (χ4n) is 1.32. The molecule has 98 valence electrons. The Hall–Kier alpha value is -2.04. The van der Waals surface area contributed by atoms with Crippen LogP contribution in [0.3, 0.4) is 0 Å². The van der Waals surface area contributed by atoms with Gasteiger partial charge in [0, 0.05) is 6.04 Å². The van der Waals surface area contributed by atoms with Gasteiger partial charge in [-0.15, -0.1) is 0 Å². The van der Waals surface area contributed by atoms with E-state index in [1.54, 1.807) is 24.3 Å². The van der Waals surface area contributed by atoms with Gasteiger partial charge in [0.2, 0.25) is 0 Å². The van der Waals surface area contributed by atoms with Crippen LogP contribution >= 0.6 is 0 Å². The highest BCUT2D eigenvalue weighted by molar-refractivity contribution is 6.39. The topological polar surface area (TPSA) is 67.4 Å². The van der Waals surface area contributed by atoms with E-state index in [1.165, 1.54) is 7.11 Å². The number of hydrogen-bond donors (Lipinski definition) is 2. The van der Waals surface area contributed by atoms with Gasteiger partial charge >= 0.3 is 11.8 Å². The van der Waals surface area contributed by atoms with Gasteiger partial charge in [-0.2, -0.15) is 0 Å². The van der Waals surface area contributed by atoms with Crippen LogP contribution in [-0.4, -0.2) is 25.0 Å². The fourth-order valence-corrected chi connectivity index (χ4v) is 1.32. The summed E-state index contributed by atoms with van der Waals surface area (Å²) < 4.78 is 5.08. The summed E-state index contributed by atoms with van der Waals surface area (Å²) in [5.41, 5.74) is 0.476. The maximum atomic E-state index is 11.7. The minimum Gasteiger partial charge on any atom is -0.495 e. The normalized spacial score (nSPS) is 11.5. The summed E-state index contributed by atoms with van der Waals surface area (Å²) in [5, 5.41) is 5.11. The highest BCUT2D eigenvalue weighted by atomic mass is 16.5. The van der Waals surface area contributed by atoms with Crippen LogP contribution in [0.2, 0.25) is 0 Å². The van der Waals surface area contributed by atoms with Gasteiger partial charge in [-0.3, -0.25) is 9.59 Å². The van der Waals surface area contributed by atoms with Crippen molar-refractivity contribution in [2.45, 2.75) is 26.3 Å². The zero-order valence-electron chi connectivity index (χ0n) is 10.8. The Labute approximate surface area is 107 Å². The van der Waals surface area contributed by atoms with Crippen molar-refractivity contribution in [1.82, 2.24) is 5.32 Å². The molecule has 0 bridgehead atoms. The number of nitrogens with one attached hydrogen (secondary N) is 2. The first-order valence-corrected chi connectivity index (χ1v) is 5.83. The molecule has 0 spiro atoms. The maximum Gasteiger partial charge on any atom is 0.313 e. The van der Waals surface area contributed by atoms with E-state index in [0.29, 0.717) is 11.4 Å². The van der Waals surface area contributed by atoms with E-state index in [0.717, 1.165) is 6.42 Å². The number of benzene rings is 1. The van der Waals surface area contributed by atoms with Crippen LogP contribution in [0.1, 0.15) is 20.3 Å². The molecule has 5 heteroatoms. The van der Waals surface area contributed by atoms with Crippen LogP contribution in [0.15, 0.2) is 24.3 Å². The van der Waals surface area contributed by atoms with Crippen molar-refractivity contribution in [3.05, 3.63) is 24.3 Å². The van der Waals surface area contributed by atoms with Crippen LogP contribution in [0.4, 0.5) is 5.69 Å². The van der Waals surface area contributed by atoms with Crippen molar-refractivity contribution >= 4 is 17.5 Å². The van der Waals surface area contributed by atoms with Crippen molar-refractivity contribution in [2.75, 3.05) is 12.4 Å². The molecular formula is C13H18N2O3. The molecule has 1 atom stereocenters. The Morgan fingerprint density at radius 1 is 1.28 bits per heavy atom. The van der Waals surface area contributed by atoms with Gasteiger partial charge in [0.25, 0.3) is 0 Å². The summed E-state index contributed by atoms with van der Waals surface area (Å²) in [7, 11) is 1.50. The van der Waals surface area contributed by atoms with E-state index in [4.69, 9.17) is 4.74 Å². The van der Waals surface area contributed by atoms with Gasteiger partial charge in [-0.25, -0.2) is 0 Å². The van der Waals surface area contributed by atoms with Crippen LogP contribution in [0.25, 0.3) is 0 Å². The summed E-state index contributed by atoms with van der Waals surface area (Å²) in [6.45, 7) is 3.78. The van der Waals surface area contributed by atoms with Crippen molar-refractivity contribution in [2.24, 2.45) is 0 Å². The van der Waals surface area contributed by atoms with Crippen molar-refractivity contribution in [1.29, 1.82) is 0 Å². The predicted molar refractivity (Wildman–Crippen MR) is 69.5 cm³/mol. The van der Waals surface area contributed by atoms with Gasteiger partial charge in [0.15, 0.2) is 0 Å². The van der Waals surface area contributed by atoms with Crippen LogP contribution in [-0.2, 0) is 9.59 Å². The molecule has 1 aromatic carbocycles. The number of carbonyl (C=O) groups excluding carboxylic acids is 2. The summed E-state index contributed by atoms with van der Waals surface area (Å²) in [4.78, 5) is 23.2. The Morgan fingerprint density at radius 3 is 2.56 bits per heavy atom. The highest BCUT2D eigenvalue weighted by Crippen LogP contribution is 2.22. The number of hydrogen-bond acceptors (Lipinski definition) is 3. The standard InChI is InChI=1S/C13H18N2O3/c1-4-9(2)14-12(16)13(17)15-10-7-5-6-8-11(10)18-3/h5-9H,4H2,1-3H3,(H,14,16)(H,15,17)/t9-/m1/s1. The lowest BCUT2D eigenvalue weighted by Crippen LogP contribution is -2.40. The second-order valence-electron chi connectivity index (χ2n) is 3.94. The monoisotopic (exact) mass is 250 g/mol. The van der Waals surface area contributed by atoms with Gasteiger partial charge in [0.1, 0.15) is 5.75 Å². The number of amides is 2. The fraction of sp³-hybridized carbons (Fsp3) is 0.385. The molecule has 0 fully saturated rings. The molecule has 0 saturated carbocycles. The third-order valence-electron chi connectivity index (χ3n) is 2.55. The summed E-state index contributed by atoms with van der Waals surface area (Å²) in [6.07, 6.45) is 0.772.